The molecule has 0 spiro atoms. The van der Waals surface area contributed by atoms with Gasteiger partial charge in [0.15, 0.2) is 0 Å². The Bertz CT molecular complexity index is 436. The molecule has 72 valence electrons. The Balaban J connectivity index is 2.49. The molecule has 2 aromatic rings. The highest BCUT2D eigenvalue weighted by molar-refractivity contribution is 5.60. The third-order valence-corrected chi connectivity index (χ3v) is 2.43. The molecule has 0 N–H and O–H groups in total. The zero-order chi connectivity index (χ0) is 10.1. The molecule has 0 bridgehead atoms. The first-order valence-electron chi connectivity index (χ1n) is 4.74. The van der Waals surface area contributed by atoms with Crippen LogP contribution in [0.3, 0.4) is 0 Å². The molecule has 1 aromatic carbocycles. The van der Waals surface area contributed by atoms with E-state index in [1.54, 1.807) is 0 Å². The van der Waals surface area contributed by atoms with Gasteiger partial charge in [0.25, 0.3) is 0 Å². The minimum atomic E-state index is 1.05. The first kappa shape index (κ1) is 9.00. The molecule has 0 aliphatic heterocycles. The third kappa shape index (κ3) is 1.55. The van der Waals surface area contributed by atoms with Crippen molar-refractivity contribution in [2.75, 3.05) is 0 Å². The summed E-state index contributed by atoms with van der Waals surface area (Å²) in [5, 5.41) is 4.44. The lowest BCUT2D eigenvalue weighted by Gasteiger charge is -1.97. The van der Waals surface area contributed by atoms with Gasteiger partial charge in [0.05, 0.1) is 5.69 Å². The van der Waals surface area contributed by atoms with Crippen molar-refractivity contribution < 1.29 is 0 Å². The molecule has 1 aromatic heterocycles. The van der Waals surface area contributed by atoms with Crippen LogP contribution in [0, 0.1) is 13.8 Å². The maximum absolute atomic E-state index is 4.44. The van der Waals surface area contributed by atoms with Gasteiger partial charge in [-0.1, -0.05) is 23.8 Å². The molecular weight excluding hydrogens is 172 g/mol. The summed E-state index contributed by atoms with van der Waals surface area (Å²) in [4.78, 5) is 0. The summed E-state index contributed by atoms with van der Waals surface area (Å²) in [6, 6.07) is 10.5. The standard InChI is InChI=1S/C12H14N2/c1-9-5-4-6-11(7-9)12-8-10(2)14(3)13-12/h4-8H,1-3H3. The van der Waals surface area contributed by atoms with Crippen molar-refractivity contribution in [2.24, 2.45) is 7.05 Å². The molecule has 0 radical (unpaired) electrons. The van der Waals surface area contributed by atoms with Crippen LogP contribution in [0.2, 0.25) is 0 Å². The molecule has 2 rings (SSSR count). The Labute approximate surface area is 84.2 Å². The average Bonchev–Trinajstić information content (AvgIpc) is 2.47. The molecule has 1 heterocycles. The lowest BCUT2D eigenvalue weighted by Crippen LogP contribution is -1.92. The number of aromatic nitrogens is 2. The highest BCUT2D eigenvalue weighted by Crippen LogP contribution is 2.19. The van der Waals surface area contributed by atoms with E-state index in [0.717, 1.165) is 5.69 Å². The van der Waals surface area contributed by atoms with Gasteiger partial charge in [-0.2, -0.15) is 5.10 Å². The van der Waals surface area contributed by atoms with Gasteiger partial charge in [-0.25, -0.2) is 0 Å². The average molecular weight is 186 g/mol. The predicted octanol–water partition coefficient (Wildman–Crippen LogP) is 2.70. The summed E-state index contributed by atoms with van der Waals surface area (Å²) >= 11 is 0. The van der Waals surface area contributed by atoms with Crippen LogP contribution in [0.15, 0.2) is 30.3 Å². The second kappa shape index (κ2) is 3.29. The van der Waals surface area contributed by atoms with Crippen LogP contribution in [0.5, 0.6) is 0 Å². The Kier molecular flexibility index (Phi) is 2.12. The molecule has 2 heteroatoms. The number of nitrogens with zero attached hydrogens (tertiary/aromatic N) is 2. The highest BCUT2D eigenvalue weighted by Gasteiger charge is 2.03. The van der Waals surface area contributed by atoms with E-state index in [1.165, 1.54) is 16.8 Å². The van der Waals surface area contributed by atoms with Crippen LogP contribution in [-0.4, -0.2) is 9.78 Å². The van der Waals surface area contributed by atoms with Crippen molar-refractivity contribution in [1.82, 2.24) is 9.78 Å². The Morgan fingerprint density at radius 1 is 1.14 bits per heavy atom. The molecule has 2 nitrogen and oxygen atoms in total. The number of aryl methyl sites for hydroxylation is 3. The van der Waals surface area contributed by atoms with Crippen LogP contribution in [-0.2, 0) is 7.05 Å². The lowest BCUT2D eigenvalue weighted by molar-refractivity contribution is 0.743. The first-order valence-corrected chi connectivity index (χ1v) is 4.74. The van der Waals surface area contributed by atoms with Gasteiger partial charge >= 0.3 is 0 Å². The molecule has 0 aliphatic carbocycles. The fourth-order valence-electron chi connectivity index (χ4n) is 1.51. The molecule has 0 atom stereocenters. The molecule has 0 amide bonds. The van der Waals surface area contributed by atoms with Crippen molar-refractivity contribution in [2.45, 2.75) is 13.8 Å². The quantitative estimate of drug-likeness (QED) is 0.669. The van der Waals surface area contributed by atoms with Gasteiger partial charge in [-0.15, -0.1) is 0 Å². The molecule has 0 unspecified atom stereocenters. The van der Waals surface area contributed by atoms with Gasteiger partial charge < -0.3 is 0 Å². The van der Waals surface area contributed by atoms with Gasteiger partial charge in [-0.3, -0.25) is 4.68 Å². The summed E-state index contributed by atoms with van der Waals surface area (Å²) in [6.45, 7) is 4.16. The Morgan fingerprint density at radius 2 is 1.93 bits per heavy atom. The summed E-state index contributed by atoms with van der Waals surface area (Å²) < 4.78 is 1.90. The second-order valence-corrected chi connectivity index (χ2v) is 3.66. The number of benzene rings is 1. The van der Waals surface area contributed by atoms with Gasteiger partial charge in [0, 0.05) is 18.3 Å². The minimum absolute atomic E-state index is 1.05. The van der Waals surface area contributed by atoms with Crippen LogP contribution < -0.4 is 0 Å². The van der Waals surface area contributed by atoms with Crippen LogP contribution >= 0.6 is 0 Å². The Hall–Kier alpha value is -1.57. The van der Waals surface area contributed by atoms with Crippen molar-refractivity contribution in [3.63, 3.8) is 0 Å². The molecule has 0 aliphatic rings. The SMILES string of the molecule is Cc1cccc(-c2cc(C)n(C)n2)c1. The Morgan fingerprint density at radius 3 is 2.50 bits per heavy atom. The second-order valence-electron chi connectivity index (χ2n) is 3.66. The highest BCUT2D eigenvalue weighted by atomic mass is 15.3. The maximum atomic E-state index is 4.44. The predicted molar refractivity (Wildman–Crippen MR) is 58.1 cm³/mol. The monoisotopic (exact) mass is 186 g/mol. The normalized spacial score (nSPS) is 10.5. The van der Waals surface area contributed by atoms with Crippen molar-refractivity contribution in [1.29, 1.82) is 0 Å². The van der Waals surface area contributed by atoms with Crippen LogP contribution in [0.4, 0.5) is 0 Å². The first-order chi connectivity index (χ1) is 6.66. The van der Waals surface area contributed by atoms with E-state index in [-0.39, 0.29) is 0 Å². The third-order valence-electron chi connectivity index (χ3n) is 2.43. The zero-order valence-corrected chi connectivity index (χ0v) is 8.78. The van der Waals surface area contributed by atoms with E-state index in [0.29, 0.717) is 0 Å². The van der Waals surface area contributed by atoms with Gasteiger partial charge in [0.1, 0.15) is 0 Å². The number of hydrogen-bond acceptors (Lipinski definition) is 1. The molecular formula is C12H14N2. The molecule has 0 saturated carbocycles. The van der Waals surface area contributed by atoms with Crippen molar-refractivity contribution >= 4 is 0 Å². The van der Waals surface area contributed by atoms with E-state index in [4.69, 9.17) is 0 Å². The van der Waals surface area contributed by atoms with Crippen molar-refractivity contribution in [3.8, 4) is 11.3 Å². The van der Waals surface area contributed by atoms with Crippen LogP contribution in [0.25, 0.3) is 11.3 Å². The zero-order valence-electron chi connectivity index (χ0n) is 8.78. The van der Waals surface area contributed by atoms with E-state index in [9.17, 15) is 0 Å². The summed E-state index contributed by atoms with van der Waals surface area (Å²) in [5.74, 6) is 0. The maximum Gasteiger partial charge on any atom is 0.0925 e. The van der Waals surface area contributed by atoms with Gasteiger partial charge in [-0.05, 0) is 26.0 Å². The topological polar surface area (TPSA) is 17.8 Å². The van der Waals surface area contributed by atoms with Crippen molar-refractivity contribution in [3.05, 3.63) is 41.6 Å². The van der Waals surface area contributed by atoms with E-state index in [2.05, 4.69) is 49.3 Å². The molecule has 14 heavy (non-hydrogen) atoms. The van der Waals surface area contributed by atoms with Crippen LogP contribution in [0.1, 0.15) is 11.3 Å². The summed E-state index contributed by atoms with van der Waals surface area (Å²) in [7, 11) is 1.97. The molecule has 0 fully saturated rings. The fourth-order valence-corrected chi connectivity index (χ4v) is 1.51. The molecule has 0 saturated heterocycles. The van der Waals surface area contributed by atoms with E-state index in [1.807, 2.05) is 11.7 Å². The largest absolute Gasteiger partial charge is 0.272 e. The summed E-state index contributed by atoms with van der Waals surface area (Å²) in [6.07, 6.45) is 0. The van der Waals surface area contributed by atoms with E-state index < -0.39 is 0 Å². The van der Waals surface area contributed by atoms with Gasteiger partial charge in [0.2, 0.25) is 0 Å². The summed E-state index contributed by atoms with van der Waals surface area (Å²) in [5.41, 5.74) is 4.69. The smallest absolute Gasteiger partial charge is 0.0925 e. The number of hydrogen-bond donors (Lipinski definition) is 0. The fraction of sp³-hybridized carbons (Fsp3) is 0.250. The minimum Gasteiger partial charge on any atom is -0.272 e. The van der Waals surface area contributed by atoms with E-state index >= 15 is 0 Å². The number of rotatable bonds is 1. The lowest BCUT2D eigenvalue weighted by atomic mass is 10.1.